The Hall–Kier alpha value is -4.11. The van der Waals surface area contributed by atoms with Gasteiger partial charge in [0.05, 0.1) is 30.9 Å². The van der Waals surface area contributed by atoms with E-state index in [4.69, 9.17) is 23.9 Å². The summed E-state index contributed by atoms with van der Waals surface area (Å²) in [6, 6.07) is 14.2. The van der Waals surface area contributed by atoms with Crippen molar-refractivity contribution in [3.05, 3.63) is 75.8 Å². The van der Waals surface area contributed by atoms with E-state index in [-0.39, 0.29) is 24.0 Å². The average Bonchev–Trinajstić information content (AvgIpc) is 3.68. The Bertz CT molecular complexity index is 1700. The lowest BCUT2D eigenvalue weighted by molar-refractivity contribution is -0.148. The molecule has 2 fully saturated rings. The summed E-state index contributed by atoms with van der Waals surface area (Å²) in [5.74, 6) is 1.69. The van der Waals surface area contributed by atoms with Gasteiger partial charge in [0.25, 0.3) is 0 Å². The minimum absolute atomic E-state index is 0.132. The molecule has 1 aliphatic carbocycles. The molecular formula is C38H47N3O6. The Morgan fingerprint density at radius 1 is 1.02 bits per heavy atom. The molecule has 6 rings (SSSR count). The summed E-state index contributed by atoms with van der Waals surface area (Å²) in [5.41, 5.74) is 7.68. The standard InChI is InChI=1S/C38H47N3O6/c1-23-11-9-12-29(31-13-10-14-33(39-31)41-19-27-18-38(27,35(42)45-8)32(41)22-44-7)34(23)46-21-26-17-24(2)30-20-40(16-15-28(30)25(26)3)36(43)47-37(4,5)6/h9-14,17,27,32H,15-16,18-22H2,1-8H3/t27-,32+,38+/m0/s1. The van der Waals surface area contributed by atoms with Crippen LogP contribution in [0.1, 0.15) is 60.6 Å². The summed E-state index contributed by atoms with van der Waals surface area (Å²) in [6.07, 6.45) is 1.33. The number of aromatic nitrogens is 1. The van der Waals surface area contributed by atoms with Gasteiger partial charge in [0, 0.05) is 32.3 Å². The molecule has 1 aromatic heterocycles. The first-order valence-corrected chi connectivity index (χ1v) is 16.5. The minimum Gasteiger partial charge on any atom is -0.488 e. The maximum atomic E-state index is 12.8. The van der Waals surface area contributed by atoms with Crippen LogP contribution in [0.3, 0.4) is 0 Å². The summed E-state index contributed by atoms with van der Waals surface area (Å²) in [7, 11) is 3.13. The Kier molecular flexibility index (Phi) is 8.72. The van der Waals surface area contributed by atoms with Crippen molar-refractivity contribution in [2.24, 2.45) is 11.3 Å². The maximum Gasteiger partial charge on any atom is 0.410 e. The zero-order valence-electron chi connectivity index (χ0n) is 28.9. The molecule has 2 aliphatic heterocycles. The van der Waals surface area contributed by atoms with Crippen molar-refractivity contribution in [2.45, 2.75) is 79.2 Å². The number of anilines is 1. The molecule has 250 valence electrons. The molecule has 47 heavy (non-hydrogen) atoms. The van der Waals surface area contributed by atoms with Crippen LogP contribution in [0.2, 0.25) is 0 Å². The number of hydrogen-bond acceptors (Lipinski definition) is 8. The highest BCUT2D eigenvalue weighted by atomic mass is 16.6. The summed E-state index contributed by atoms with van der Waals surface area (Å²) in [4.78, 5) is 34.8. The molecule has 1 amide bonds. The number of nitrogens with zero attached hydrogens (tertiary/aromatic N) is 3. The smallest absolute Gasteiger partial charge is 0.410 e. The SMILES string of the molecule is COC[C@H]1N(c2cccc(-c3cccc(C)c3OCc3cc(C)c4c(c3C)CCN(C(=O)OC(C)(C)C)C4)n2)C[C@@H]2C[C@@]21C(=O)OC. The van der Waals surface area contributed by atoms with E-state index in [1.165, 1.54) is 23.8 Å². The van der Waals surface area contributed by atoms with Crippen molar-refractivity contribution >= 4 is 17.9 Å². The van der Waals surface area contributed by atoms with E-state index in [0.29, 0.717) is 26.3 Å². The summed E-state index contributed by atoms with van der Waals surface area (Å²) in [6.45, 7) is 14.8. The quantitative estimate of drug-likeness (QED) is 0.256. The predicted molar refractivity (Wildman–Crippen MR) is 181 cm³/mol. The zero-order chi connectivity index (χ0) is 33.7. The number of aryl methyl sites for hydroxylation is 2. The van der Waals surface area contributed by atoms with Gasteiger partial charge in [-0.15, -0.1) is 0 Å². The van der Waals surface area contributed by atoms with Crippen LogP contribution < -0.4 is 9.64 Å². The van der Waals surface area contributed by atoms with Gasteiger partial charge in [-0.3, -0.25) is 4.79 Å². The number of methoxy groups -OCH3 is 2. The van der Waals surface area contributed by atoms with Crippen LogP contribution in [0.25, 0.3) is 11.3 Å². The van der Waals surface area contributed by atoms with Gasteiger partial charge in [-0.25, -0.2) is 9.78 Å². The van der Waals surface area contributed by atoms with Gasteiger partial charge in [0.2, 0.25) is 0 Å². The molecule has 0 bridgehead atoms. The fourth-order valence-electron chi connectivity index (χ4n) is 7.60. The molecule has 0 radical (unpaired) electrons. The van der Waals surface area contributed by atoms with Crippen molar-refractivity contribution in [3.8, 4) is 17.0 Å². The molecule has 2 aromatic carbocycles. The van der Waals surface area contributed by atoms with Gasteiger partial charge in [-0.2, -0.15) is 0 Å². The van der Waals surface area contributed by atoms with E-state index in [1.54, 1.807) is 12.0 Å². The van der Waals surface area contributed by atoms with Crippen LogP contribution >= 0.6 is 0 Å². The van der Waals surface area contributed by atoms with Crippen molar-refractivity contribution in [3.63, 3.8) is 0 Å². The summed E-state index contributed by atoms with van der Waals surface area (Å²) < 4.78 is 23.1. The third kappa shape index (κ3) is 6.06. The summed E-state index contributed by atoms with van der Waals surface area (Å²) >= 11 is 0. The topological polar surface area (TPSA) is 90.4 Å². The predicted octanol–water partition coefficient (Wildman–Crippen LogP) is 6.56. The van der Waals surface area contributed by atoms with Crippen LogP contribution in [-0.2, 0) is 38.6 Å². The Morgan fingerprint density at radius 3 is 2.51 bits per heavy atom. The van der Waals surface area contributed by atoms with Crippen molar-refractivity contribution in [2.75, 3.05) is 38.8 Å². The third-order valence-corrected chi connectivity index (χ3v) is 10.1. The molecule has 9 nitrogen and oxygen atoms in total. The first kappa shape index (κ1) is 32.8. The number of piperidine rings is 1. The molecule has 1 saturated carbocycles. The molecule has 1 saturated heterocycles. The number of hydrogen-bond donors (Lipinski definition) is 0. The number of ether oxygens (including phenoxy) is 4. The van der Waals surface area contributed by atoms with Crippen LogP contribution in [0.5, 0.6) is 5.75 Å². The Morgan fingerprint density at radius 2 is 1.79 bits per heavy atom. The van der Waals surface area contributed by atoms with E-state index in [1.807, 2.05) is 45.0 Å². The van der Waals surface area contributed by atoms with Crippen LogP contribution in [0.15, 0.2) is 42.5 Å². The number of benzene rings is 2. The number of pyridine rings is 1. The number of carbonyl (C=O) groups excluding carboxylic acids is 2. The van der Waals surface area contributed by atoms with Gasteiger partial charge < -0.3 is 28.7 Å². The van der Waals surface area contributed by atoms with Crippen LogP contribution in [0.4, 0.5) is 10.6 Å². The van der Waals surface area contributed by atoms with Crippen molar-refractivity contribution in [1.82, 2.24) is 9.88 Å². The lowest BCUT2D eigenvalue weighted by Crippen LogP contribution is -2.44. The second-order valence-electron chi connectivity index (χ2n) is 14.3. The van der Waals surface area contributed by atoms with Crippen molar-refractivity contribution in [1.29, 1.82) is 0 Å². The largest absolute Gasteiger partial charge is 0.488 e. The van der Waals surface area contributed by atoms with E-state index in [2.05, 4.69) is 43.9 Å². The number of rotatable bonds is 8. The number of esters is 1. The second-order valence-corrected chi connectivity index (χ2v) is 14.3. The monoisotopic (exact) mass is 641 g/mol. The third-order valence-electron chi connectivity index (χ3n) is 10.1. The van der Waals surface area contributed by atoms with E-state index in [9.17, 15) is 9.59 Å². The van der Waals surface area contributed by atoms with Gasteiger partial charge in [-0.05, 0) is 112 Å². The van der Waals surface area contributed by atoms with E-state index in [0.717, 1.165) is 58.9 Å². The summed E-state index contributed by atoms with van der Waals surface area (Å²) in [5, 5.41) is 0. The highest BCUT2D eigenvalue weighted by Gasteiger charge is 2.71. The highest BCUT2D eigenvalue weighted by molar-refractivity contribution is 5.84. The fraction of sp³-hybridized carbons (Fsp3) is 0.500. The fourth-order valence-corrected chi connectivity index (χ4v) is 7.60. The molecule has 3 aromatic rings. The molecule has 0 spiro atoms. The van der Waals surface area contributed by atoms with E-state index >= 15 is 0 Å². The molecule has 0 N–H and O–H groups in total. The molecule has 3 aliphatic rings. The second kappa shape index (κ2) is 12.5. The van der Waals surface area contributed by atoms with Crippen LogP contribution in [-0.4, -0.2) is 67.5 Å². The van der Waals surface area contributed by atoms with Gasteiger partial charge in [0.1, 0.15) is 23.8 Å². The lowest BCUT2D eigenvalue weighted by Gasteiger charge is -2.33. The molecule has 3 atom stereocenters. The molecule has 0 unspecified atom stereocenters. The van der Waals surface area contributed by atoms with Crippen LogP contribution in [0, 0.1) is 32.1 Å². The minimum atomic E-state index is -0.529. The zero-order valence-corrected chi connectivity index (χ0v) is 28.9. The van der Waals surface area contributed by atoms with Gasteiger partial charge >= 0.3 is 12.1 Å². The number of carbonyl (C=O) groups is 2. The molecular weight excluding hydrogens is 594 g/mol. The van der Waals surface area contributed by atoms with Crippen molar-refractivity contribution < 1.29 is 28.5 Å². The normalized spacial score (nSPS) is 21.6. The number of amides is 1. The van der Waals surface area contributed by atoms with Gasteiger partial charge in [-0.1, -0.05) is 24.3 Å². The first-order chi connectivity index (χ1) is 22.4. The number of fused-ring (bicyclic) bond motifs is 2. The molecule has 3 heterocycles. The van der Waals surface area contributed by atoms with E-state index < -0.39 is 11.0 Å². The Labute approximate surface area is 278 Å². The lowest BCUT2D eigenvalue weighted by atomic mass is 9.88. The average molecular weight is 642 g/mol. The maximum absolute atomic E-state index is 12.8. The van der Waals surface area contributed by atoms with Gasteiger partial charge in [0.15, 0.2) is 0 Å². The molecule has 9 heteroatoms. The highest BCUT2D eigenvalue weighted by Crippen LogP contribution is 2.62. The first-order valence-electron chi connectivity index (χ1n) is 16.5. The Balaban J connectivity index is 1.23. The number of para-hydroxylation sites is 1.